The van der Waals surface area contributed by atoms with Crippen LogP contribution in [0.25, 0.3) is 11.5 Å². The van der Waals surface area contributed by atoms with Gasteiger partial charge in [0.1, 0.15) is 0 Å². The second-order valence-corrected chi connectivity index (χ2v) is 8.34. The van der Waals surface area contributed by atoms with Gasteiger partial charge in [-0.05, 0) is 63.1 Å². The second-order valence-electron chi connectivity index (χ2n) is 7.93. The van der Waals surface area contributed by atoms with E-state index in [9.17, 15) is 4.79 Å². The third-order valence-corrected chi connectivity index (χ3v) is 5.70. The van der Waals surface area contributed by atoms with Crippen LogP contribution in [0.5, 0.6) is 0 Å². The number of piperidine rings is 1. The first-order valence-electron chi connectivity index (χ1n) is 10.2. The molecule has 1 saturated heterocycles. The lowest BCUT2D eigenvalue weighted by molar-refractivity contribution is -0.121. The number of carbonyl (C=O) groups excluding carboxylic acids is 1. The van der Waals surface area contributed by atoms with Gasteiger partial charge in [0.05, 0.1) is 23.2 Å². The number of anilines is 1. The highest BCUT2D eigenvalue weighted by atomic mass is 35.5. The van der Waals surface area contributed by atoms with Crippen LogP contribution >= 0.6 is 11.6 Å². The molecule has 4 rings (SSSR count). The molecule has 7 heteroatoms. The first kappa shape index (κ1) is 20.6. The molecule has 1 atom stereocenters. The summed E-state index contributed by atoms with van der Waals surface area (Å²) in [6.45, 7) is 6.13. The average Bonchev–Trinajstić information content (AvgIpc) is 3.19. The first-order valence-corrected chi connectivity index (χ1v) is 10.5. The molecule has 6 nitrogen and oxygen atoms in total. The van der Waals surface area contributed by atoms with Gasteiger partial charge in [0.2, 0.25) is 5.91 Å². The van der Waals surface area contributed by atoms with Gasteiger partial charge in [-0.25, -0.2) is 0 Å². The number of aryl methyl sites for hydroxylation is 2. The van der Waals surface area contributed by atoms with Gasteiger partial charge in [0.15, 0.2) is 5.82 Å². The normalized spacial score (nSPS) is 17.1. The summed E-state index contributed by atoms with van der Waals surface area (Å²) in [5.74, 6) is 1.05. The number of nitrogens with one attached hydrogen (secondary N) is 1. The van der Waals surface area contributed by atoms with Gasteiger partial charge in [-0.15, -0.1) is 0 Å². The van der Waals surface area contributed by atoms with Gasteiger partial charge in [-0.2, -0.15) is 4.98 Å². The van der Waals surface area contributed by atoms with Crippen LogP contribution in [0.2, 0.25) is 5.02 Å². The zero-order valence-electron chi connectivity index (χ0n) is 17.2. The van der Waals surface area contributed by atoms with Crippen LogP contribution < -0.4 is 5.32 Å². The molecule has 0 aliphatic carbocycles. The predicted molar refractivity (Wildman–Crippen MR) is 117 cm³/mol. The summed E-state index contributed by atoms with van der Waals surface area (Å²) < 4.78 is 5.43. The number of benzene rings is 2. The van der Waals surface area contributed by atoms with Crippen molar-refractivity contribution in [2.45, 2.75) is 33.2 Å². The van der Waals surface area contributed by atoms with E-state index in [-0.39, 0.29) is 11.8 Å². The fraction of sp³-hybridized carbons (Fsp3) is 0.348. The van der Waals surface area contributed by atoms with Gasteiger partial charge in [0.25, 0.3) is 5.89 Å². The number of rotatable bonds is 5. The number of hydrogen-bond donors (Lipinski definition) is 1. The van der Waals surface area contributed by atoms with Crippen molar-refractivity contribution in [3.05, 3.63) is 64.4 Å². The van der Waals surface area contributed by atoms with Crippen molar-refractivity contribution in [2.24, 2.45) is 5.92 Å². The summed E-state index contributed by atoms with van der Waals surface area (Å²) in [5.41, 5.74) is 3.81. The highest BCUT2D eigenvalue weighted by Gasteiger charge is 2.27. The van der Waals surface area contributed by atoms with Crippen molar-refractivity contribution in [3.8, 4) is 11.5 Å². The Labute approximate surface area is 181 Å². The zero-order valence-corrected chi connectivity index (χ0v) is 17.9. The Morgan fingerprint density at radius 3 is 2.73 bits per heavy atom. The van der Waals surface area contributed by atoms with Crippen LogP contribution in [-0.4, -0.2) is 34.0 Å². The molecule has 0 radical (unpaired) electrons. The van der Waals surface area contributed by atoms with Gasteiger partial charge < -0.3 is 9.84 Å². The quantitative estimate of drug-likeness (QED) is 0.633. The van der Waals surface area contributed by atoms with Crippen LogP contribution in [0.4, 0.5) is 5.69 Å². The Morgan fingerprint density at radius 2 is 1.97 bits per heavy atom. The molecule has 0 saturated carbocycles. The fourth-order valence-electron chi connectivity index (χ4n) is 3.70. The first-order chi connectivity index (χ1) is 14.5. The SMILES string of the molecule is Cc1ccc(-c2nc(CN3CCCC(C(=O)Nc4ccc(C)cc4Cl)C3)no2)cc1. The van der Waals surface area contributed by atoms with Crippen molar-refractivity contribution in [1.29, 1.82) is 0 Å². The van der Waals surface area contributed by atoms with E-state index < -0.39 is 0 Å². The van der Waals surface area contributed by atoms with E-state index in [4.69, 9.17) is 16.1 Å². The van der Waals surface area contributed by atoms with Crippen LogP contribution in [0, 0.1) is 19.8 Å². The van der Waals surface area contributed by atoms with Gasteiger partial charge in [-0.1, -0.05) is 40.5 Å². The van der Waals surface area contributed by atoms with E-state index in [1.54, 1.807) is 0 Å². The maximum atomic E-state index is 12.8. The van der Waals surface area contributed by atoms with Crippen molar-refractivity contribution in [2.75, 3.05) is 18.4 Å². The molecule has 2 aromatic carbocycles. The summed E-state index contributed by atoms with van der Waals surface area (Å²) in [6.07, 6.45) is 1.80. The van der Waals surface area contributed by atoms with E-state index in [0.717, 1.165) is 30.5 Å². The molecule has 1 amide bonds. The molecular formula is C23H25ClN4O2. The summed E-state index contributed by atoms with van der Waals surface area (Å²) in [6, 6.07) is 13.6. The minimum Gasteiger partial charge on any atom is -0.334 e. The number of carbonyl (C=O) groups is 1. The lowest BCUT2D eigenvalue weighted by atomic mass is 9.97. The Balaban J connectivity index is 1.37. The van der Waals surface area contributed by atoms with Crippen molar-refractivity contribution in [3.63, 3.8) is 0 Å². The Hall–Kier alpha value is -2.70. The molecule has 0 spiro atoms. The lowest BCUT2D eigenvalue weighted by Crippen LogP contribution is -2.40. The van der Waals surface area contributed by atoms with Crippen molar-refractivity contribution in [1.82, 2.24) is 15.0 Å². The van der Waals surface area contributed by atoms with Crippen LogP contribution in [0.15, 0.2) is 47.0 Å². The molecule has 1 aliphatic rings. The van der Waals surface area contributed by atoms with Crippen LogP contribution in [-0.2, 0) is 11.3 Å². The summed E-state index contributed by atoms with van der Waals surface area (Å²) in [4.78, 5) is 19.5. The molecule has 1 aromatic heterocycles. The summed E-state index contributed by atoms with van der Waals surface area (Å²) in [5, 5.41) is 7.66. The van der Waals surface area contributed by atoms with E-state index in [1.807, 2.05) is 56.3 Å². The van der Waals surface area contributed by atoms with Gasteiger partial charge in [-0.3, -0.25) is 9.69 Å². The number of nitrogens with zero attached hydrogens (tertiary/aromatic N) is 3. The lowest BCUT2D eigenvalue weighted by Gasteiger charge is -2.31. The van der Waals surface area contributed by atoms with Crippen LogP contribution in [0.3, 0.4) is 0 Å². The molecule has 0 bridgehead atoms. The standard InChI is InChI=1S/C23H25ClN4O2/c1-15-5-8-17(9-6-15)23-26-21(27-30-23)14-28-11-3-4-18(13-28)22(29)25-20-10-7-16(2)12-19(20)24/h5-10,12,18H,3-4,11,13-14H2,1-2H3,(H,25,29). The molecule has 1 unspecified atom stereocenters. The Kier molecular flexibility index (Phi) is 6.16. The van der Waals surface area contributed by atoms with E-state index >= 15 is 0 Å². The highest BCUT2D eigenvalue weighted by Crippen LogP contribution is 2.26. The molecular weight excluding hydrogens is 400 g/mol. The minimum atomic E-state index is -0.0976. The molecule has 1 fully saturated rings. The Morgan fingerprint density at radius 1 is 1.20 bits per heavy atom. The van der Waals surface area contributed by atoms with Crippen LogP contribution in [0.1, 0.15) is 29.8 Å². The van der Waals surface area contributed by atoms with Crippen molar-refractivity contribution >= 4 is 23.2 Å². The molecule has 156 valence electrons. The molecule has 3 aromatic rings. The largest absolute Gasteiger partial charge is 0.334 e. The highest BCUT2D eigenvalue weighted by molar-refractivity contribution is 6.33. The Bertz CT molecular complexity index is 1030. The number of amides is 1. The van der Waals surface area contributed by atoms with Gasteiger partial charge in [0, 0.05) is 12.1 Å². The number of likely N-dealkylation sites (tertiary alicyclic amines) is 1. The smallest absolute Gasteiger partial charge is 0.257 e. The van der Waals surface area contributed by atoms with E-state index in [2.05, 4.69) is 20.4 Å². The number of aromatic nitrogens is 2. The zero-order chi connectivity index (χ0) is 21.1. The predicted octanol–water partition coefficient (Wildman–Crippen LogP) is 4.86. The maximum Gasteiger partial charge on any atom is 0.257 e. The minimum absolute atomic E-state index is 0.00101. The molecule has 1 aliphatic heterocycles. The third-order valence-electron chi connectivity index (χ3n) is 5.39. The topological polar surface area (TPSA) is 71.3 Å². The second kappa shape index (κ2) is 8.98. The summed E-state index contributed by atoms with van der Waals surface area (Å²) >= 11 is 6.26. The molecule has 2 heterocycles. The maximum absolute atomic E-state index is 12.8. The average molecular weight is 425 g/mol. The fourth-order valence-corrected chi connectivity index (χ4v) is 3.98. The molecule has 1 N–H and O–H groups in total. The summed E-state index contributed by atoms with van der Waals surface area (Å²) in [7, 11) is 0. The van der Waals surface area contributed by atoms with E-state index in [1.165, 1.54) is 5.56 Å². The van der Waals surface area contributed by atoms with Gasteiger partial charge >= 0.3 is 0 Å². The van der Waals surface area contributed by atoms with Crippen molar-refractivity contribution < 1.29 is 9.32 Å². The number of hydrogen-bond acceptors (Lipinski definition) is 5. The third kappa shape index (κ3) is 4.89. The van der Waals surface area contributed by atoms with E-state index in [0.29, 0.717) is 35.5 Å². The monoisotopic (exact) mass is 424 g/mol. The molecule has 30 heavy (non-hydrogen) atoms. The number of halogens is 1.